The molecule has 3 saturated heterocycles. The minimum atomic E-state index is -0.807. The van der Waals surface area contributed by atoms with Crippen molar-refractivity contribution in [2.45, 2.75) is 76.2 Å². The van der Waals surface area contributed by atoms with Gasteiger partial charge in [0.05, 0.1) is 23.9 Å². The first-order valence-corrected chi connectivity index (χ1v) is 11.5. The van der Waals surface area contributed by atoms with E-state index in [9.17, 15) is 4.79 Å². The normalized spacial score (nSPS) is 61.8. The first kappa shape index (κ1) is 17.5. The Kier molecular flexibility index (Phi) is 3.02. The zero-order valence-corrected chi connectivity index (χ0v) is 17.6. The summed E-state index contributed by atoms with van der Waals surface area (Å²) in [6.07, 6.45) is 4.27. The number of Topliss-reactive ketones (excluding diaryl/α,β-unsaturated/α-hetero) is 1. The predicted octanol–water partition coefficient (Wildman–Crippen LogP) is 4.13. The third kappa shape index (κ3) is 1.73. The van der Waals surface area contributed by atoms with Crippen molar-refractivity contribution in [3.8, 4) is 0 Å². The van der Waals surface area contributed by atoms with Crippen LogP contribution in [0.1, 0.15) is 58.8 Å². The maximum atomic E-state index is 14.0. The summed E-state index contributed by atoms with van der Waals surface area (Å²) in [5.41, 5.74) is -1.30. The molecule has 0 radical (unpaired) electrons. The molecule has 6 fully saturated rings. The third-order valence-electron chi connectivity index (χ3n) is 9.61. The smallest absolute Gasteiger partial charge is 0.202 e. The van der Waals surface area contributed by atoms with Gasteiger partial charge in [-0.25, -0.2) is 0 Å². The maximum Gasteiger partial charge on any atom is 0.202 e. The Bertz CT molecular complexity index is 895. The molecule has 5 nitrogen and oxygen atoms in total. The Balaban J connectivity index is 1.47. The fourth-order valence-corrected chi connectivity index (χ4v) is 8.56. The van der Waals surface area contributed by atoms with Crippen LogP contribution < -0.4 is 0 Å². The van der Waals surface area contributed by atoms with Crippen LogP contribution >= 0.6 is 0 Å². The maximum absolute atomic E-state index is 14.0. The summed E-state index contributed by atoms with van der Waals surface area (Å²) in [6.45, 7) is 8.96. The van der Waals surface area contributed by atoms with Crippen LogP contribution in [0.2, 0.25) is 0 Å². The molecule has 0 aromatic carbocycles. The quantitative estimate of drug-likeness (QED) is 0.750. The van der Waals surface area contributed by atoms with Crippen molar-refractivity contribution < 1.29 is 23.4 Å². The fraction of sp³-hybridized carbons (Fsp3) is 0.792. The molecule has 0 amide bonds. The summed E-state index contributed by atoms with van der Waals surface area (Å²) in [7, 11) is 0. The van der Waals surface area contributed by atoms with Crippen LogP contribution in [-0.4, -0.2) is 28.9 Å². The molecule has 156 valence electrons. The van der Waals surface area contributed by atoms with E-state index in [-0.39, 0.29) is 35.9 Å². The van der Waals surface area contributed by atoms with Crippen molar-refractivity contribution in [1.29, 1.82) is 0 Å². The van der Waals surface area contributed by atoms with Gasteiger partial charge in [-0.2, -0.15) is 0 Å². The zero-order chi connectivity index (χ0) is 19.9. The zero-order valence-electron chi connectivity index (χ0n) is 17.6. The Labute approximate surface area is 171 Å². The first-order valence-electron chi connectivity index (χ1n) is 11.5. The Morgan fingerprint density at radius 2 is 1.90 bits per heavy atom. The largest absolute Gasteiger partial charge is 0.467 e. The first-order chi connectivity index (χ1) is 13.8. The number of carbonyl (C=O) groups is 1. The molecule has 4 heterocycles. The Morgan fingerprint density at radius 3 is 2.59 bits per heavy atom. The number of hydrogen-bond donors (Lipinski definition) is 0. The van der Waals surface area contributed by atoms with E-state index in [0.29, 0.717) is 30.0 Å². The topological polar surface area (TPSA) is 57.9 Å². The van der Waals surface area contributed by atoms with Gasteiger partial charge in [-0.15, -0.1) is 0 Å². The minimum absolute atomic E-state index is 0.0764. The molecule has 2 unspecified atom stereocenters. The number of furan rings is 1. The van der Waals surface area contributed by atoms with E-state index in [1.807, 2.05) is 12.1 Å². The minimum Gasteiger partial charge on any atom is -0.467 e. The predicted molar refractivity (Wildman–Crippen MR) is 103 cm³/mol. The van der Waals surface area contributed by atoms with Gasteiger partial charge in [0.1, 0.15) is 23.2 Å². The molecule has 7 rings (SSSR count). The molecule has 3 bridgehead atoms. The van der Waals surface area contributed by atoms with E-state index in [2.05, 4.69) is 27.7 Å². The molecular formula is C24H30O5. The Morgan fingerprint density at radius 1 is 1.10 bits per heavy atom. The van der Waals surface area contributed by atoms with Crippen molar-refractivity contribution in [2.75, 3.05) is 0 Å². The SMILES string of the molecule is C[C@@H]1[C@@H]2[C@@H]3C(=O)[C@@H]4C15O[C@@H](c1ccco1)C[C@]4(C)O[C@@]5(C1C[C@@H]1C)O[C@H]2C[C@@H]3C. The summed E-state index contributed by atoms with van der Waals surface area (Å²) in [5.74, 6) is 1.88. The van der Waals surface area contributed by atoms with Crippen molar-refractivity contribution in [1.82, 2.24) is 0 Å². The fourth-order valence-electron chi connectivity index (χ4n) is 8.56. The molecule has 0 N–H and O–H groups in total. The molecule has 29 heavy (non-hydrogen) atoms. The average Bonchev–Trinajstić information content (AvgIpc) is 3.04. The van der Waals surface area contributed by atoms with Crippen molar-refractivity contribution in [3.05, 3.63) is 24.2 Å². The van der Waals surface area contributed by atoms with E-state index in [4.69, 9.17) is 18.6 Å². The van der Waals surface area contributed by atoms with Crippen molar-refractivity contribution >= 4 is 5.78 Å². The molecular weight excluding hydrogens is 368 g/mol. The lowest BCUT2D eigenvalue weighted by molar-refractivity contribution is -0.380. The standard InChI is InChI=1S/C24H30O5/c1-11-8-14(11)24-23-13(3)19-16(28-24)9-12(2)18(19)20(25)21(23)22(4,29-24)10-17(27-23)15-6-5-7-26-15/h5-7,11-14,16-19,21H,8-10H2,1-4H3/t11-,12-,13+,14?,16-,17+,18+,19-,21-,22-,23?,24+/m0/s1. The van der Waals surface area contributed by atoms with Crippen molar-refractivity contribution in [3.63, 3.8) is 0 Å². The summed E-state index contributed by atoms with van der Waals surface area (Å²) >= 11 is 0. The van der Waals surface area contributed by atoms with E-state index in [1.165, 1.54) is 0 Å². The lowest BCUT2D eigenvalue weighted by atomic mass is 9.51. The van der Waals surface area contributed by atoms with Crippen LogP contribution in [0.4, 0.5) is 0 Å². The van der Waals surface area contributed by atoms with Gasteiger partial charge in [0.2, 0.25) is 5.79 Å². The summed E-state index contributed by atoms with van der Waals surface area (Å²) in [5, 5.41) is 0. The molecule has 12 atom stereocenters. The van der Waals surface area contributed by atoms with E-state index < -0.39 is 17.0 Å². The second kappa shape index (κ2) is 5.00. The molecule has 1 spiro atoms. The molecule has 6 aliphatic rings. The lowest BCUT2D eigenvalue weighted by Gasteiger charge is -2.62. The summed E-state index contributed by atoms with van der Waals surface area (Å²) in [4.78, 5) is 14.0. The van der Waals surface area contributed by atoms with E-state index in [1.54, 1.807) is 6.26 Å². The second-order valence-electron chi connectivity index (χ2n) is 11.1. The molecule has 1 aromatic heterocycles. The van der Waals surface area contributed by atoms with Crippen LogP contribution in [0.3, 0.4) is 0 Å². The monoisotopic (exact) mass is 398 g/mol. The average molecular weight is 398 g/mol. The number of rotatable bonds is 2. The number of hydrogen-bond acceptors (Lipinski definition) is 5. The molecule has 5 heteroatoms. The highest BCUT2D eigenvalue weighted by Crippen LogP contribution is 2.76. The van der Waals surface area contributed by atoms with Gasteiger partial charge < -0.3 is 18.6 Å². The van der Waals surface area contributed by atoms with Gasteiger partial charge in [-0.1, -0.05) is 20.8 Å². The Hall–Kier alpha value is -1.17. The number of carbonyl (C=O) groups excluding carboxylic acids is 1. The molecule has 3 aliphatic heterocycles. The highest BCUT2D eigenvalue weighted by Gasteiger charge is 2.87. The van der Waals surface area contributed by atoms with E-state index >= 15 is 0 Å². The summed E-state index contributed by atoms with van der Waals surface area (Å²) < 4.78 is 26.8. The van der Waals surface area contributed by atoms with Gasteiger partial charge in [-0.05, 0) is 49.7 Å². The van der Waals surface area contributed by atoms with Crippen LogP contribution in [0.25, 0.3) is 0 Å². The van der Waals surface area contributed by atoms with Gasteiger partial charge >= 0.3 is 0 Å². The molecule has 1 aromatic rings. The highest BCUT2D eigenvalue weighted by atomic mass is 16.8. The molecule has 3 saturated carbocycles. The van der Waals surface area contributed by atoms with Gasteiger partial charge in [0.15, 0.2) is 0 Å². The molecule has 3 aliphatic carbocycles. The van der Waals surface area contributed by atoms with Crippen molar-refractivity contribution in [2.24, 2.45) is 41.4 Å². The number of ether oxygens (including phenoxy) is 3. The van der Waals surface area contributed by atoms with Crippen LogP contribution in [0.5, 0.6) is 0 Å². The van der Waals surface area contributed by atoms with Crippen LogP contribution in [0, 0.1) is 41.4 Å². The van der Waals surface area contributed by atoms with Crippen LogP contribution in [0.15, 0.2) is 22.8 Å². The van der Waals surface area contributed by atoms with Gasteiger partial charge in [-0.3, -0.25) is 4.79 Å². The highest BCUT2D eigenvalue weighted by molar-refractivity contribution is 5.89. The second-order valence-corrected chi connectivity index (χ2v) is 11.1. The van der Waals surface area contributed by atoms with Gasteiger partial charge in [0, 0.05) is 24.2 Å². The van der Waals surface area contributed by atoms with Crippen LogP contribution in [-0.2, 0) is 19.0 Å². The number of ketones is 1. The lowest BCUT2D eigenvalue weighted by Crippen LogP contribution is -2.75. The van der Waals surface area contributed by atoms with Gasteiger partial charge in [0.25, 0.3) is 0 Å². The third-order valence-corrected chi connectivity index (χ3v) is 9.61. The summed E-state index contributed by atoms with van der Waals surface area (Å²) in [6, 6.07) is 3.89. The van der Waals surface area contributed by atoms with E-state index in [0.717, 1.165) is 18.6 Å².